The molecule has 1 atom stereocenters. The van der Waals surface area contributed by atoms with Gasteiger partial charge in [0.25, 0.3) is 5.91 Å². The van der Waals surface area contributed by atoms with Gasteiger partial charge in [-0.25, -0.2) is 0 Å². The molecule has 2 amide bonds. The number of hydrogen-bond donors (Lipinski definition) is 1. The van der Waals surface area contributed by atoms with E-state index in [9.17, 15) is 9.59 Å². The van der Waals surface area contributed by atoms with Crippen molar-refractivity contribution in [1.29, 1.82) is 0 Å². The number of carbonyl (C=O) groups excluding carboxylic acids is 2. The van der Waals surface area contributed by atoms with Gasteiger partial charge in [-0.1, -0.05) is 19.1 Å². The predicted molar refractivity (Wildman–Crippen MR) is 84.9 cm³/mol. The van der Waals surface area contributed by atoms with Crippen molar-refractivity contribution in [1.82, 2.24) is 10.2 Å². The maximum atomic E-state index is 12.3. The van der Waals surface area contributed by atoms with E-state index in [2.05, 4.69) is 5.32 Å². The van der Waals surface area contributed by atoms with Crippen LogP contribution < -0.4 is 10.1 Å². The lowest BCUT2D eigenvalue weighted by molar-refractivity contribution is -0.128. The van der Waals surface area contributed by atoms with Crippen LogP contribution in [0.5, 0.6) is 5.75 Å². The quantitative estimate of drug-likeness (QED) is 0.839. The van der Waals surface area contributed by atoms with E-state index in [1.165, 1.54) is 0 Å². The zero-order valence-corrected chi connectivity index (χ0v) is 13.3. The van der Waals surface area contributed by atoms with Crippen molar-refractivity contribution < 1.29 is 14.3 Å². The van der Waals surface area contributed by atoms with Gasteiger partial charge in [0.05, 0.1) is 12.2 Å². The molecule has 5 heteroatoms. The molecule has 1 aromatic carbocycles. The van der Waals surface area contributed by atoms with E-state index in [4.69, 9.17) is 4.74 Å². The summed E-state index contributed by atoms with van der Waals surface area (Å²) in [6.07, 6.45) is 1.60. The Labute approximate surface area is 131 Å². The van der Waals surface area contributed by atoms with Crippen LogP contribution in [0.15, 0.2) is 24.3 Å². The molecule has 1 unspecified atom stereocenters. The Morgan fingerprint density at radius 1 is 1.41 bits per heavy atom. The summed E-state index contributed by atoms with van der Waals surface area (Å²) in [7, 11) is 0. The number of para-hydroxylation sites is 1. The first-order valence-electron chi connectivity index (χ1n) is 7.89. The average Bonchev–Trinajstić information content (AvgIpc) is 2.91. The summed E-state index contributed by atoms with van der Waals surface area (Å²) < 4.78 is 5.47. The van der Waals surface area contributed by atoms with Gasteiger partial charge in [-0.15, -0.1) is 0 Å². The number of nitrogens with zero attached hydrogens (tertiary/aromatic N) is 1. The number of rotatable bonds is 7. The molecular weight excluding hydrogens is 280 g/mol. The minimum atomic E-state index is -0.136. The number of carbonyl (C=O) groups is 2. The molecule has 2 rings (SSSR count). The van der Waals surface area contributed by atoms with Crippen molar-refractivity contribution >= 4 is 11.8 Å². The van der Waals surface area contributed by atoms with Gasteiger partial charge in [0.2, 0.25) is 5.91 Å². The van der Waals surface area contributed by atoms with Crippen LogP contribution in [0.2, 0.25) is 0 Å². The molecule has 0 saturated carbocycles. The van der Waals surface area contributed by atoms with Crippen molar-refractivity contribution in [3.63, 3.8) is 0 Å². The summed E-state index contributed by atoms with van der Waals surface area (Å²) in [5.74, 6) is 0.915. The molecule has 1 saturated heterocycles. The lowest BCUT2D eigenvalue weighted by atomic mass is 10.1. The minimum absolute atomic E-state index is 0.136. The second-order valence-corrected chi connectivity index (χ2v) is 5.69. The van der Waals surface area contributed by atoms with Crippen molar-refractivity contribution in [2.24, 2.45) is 5.92 Å². The van der Waals surface area contributed by atoms with E-state index >= 15 is 0 Å². The van der Waals surface area contributed by atoms with Crippen molar-refractivity contribution in [2.45, 2.75) is 26.7 Å². The van der Waals surface area contributed by atoms with E-state index in [1.807, 2.05) is 30.9 Å². The topological polar surface area (TPSA) is 58.6 Å². The normalized spacial score (nSPS) is 15.7. The Hall–Kier alpha value is -2.04. The molecule has 5 nitrogen and oxygen atoms in total. The second-order valence-electron chi connectivity index (χ2n) is 5.69. The van der Waals surface area contributed by atoms with Gasteiger partial charge in [0.1, 0.15) is 5.75 Å². The Morgan fingerprint density at radius 2 is 2.18 bits per heavy atom. The first-order valence-corrected chi connectivity index (χ1v) is 7.89. The van der Waals surface area contributed by atoms with Crippen LogP contribution in [0.1, 0.15) is 37.0 Å². The van der Waals surface area contributed by atoms with Gasteiger partial charge in [-0.05, 0) is 31.4 Å². The second kappa shape index (κ2) is 7.82. The van der Waals surface area contributed by atoms with Crippen molar-refractivity contribution in [3.8, 4) is 5.75 Å². The Balaban J connectivity index is 1.85. The third-order valence-corrected chi connectivity index (χ3v) is 3.75. The molecule has 0 bridgehead atoms. The van der Waals surface area contributed by atoms with Gasteiger partial charge < -0.3 is 15.0 Å². The highest BCUT2D eigenvalue weighted by molar-refractivity contribution is 5.96. The minimum Gasteiger partial charge on any atom is -0.493 e. The maximum absolute atomic E-state index is 12.3. The van der Waals surface area contributed by atoms with Gasteiger partial charge >= 0.3 is 0 Å². The molecule has 120 valence electrons. The van der Waals surface area contributed by atoms with E-state index in [1.54, 1.807) is 12.1 Å². The van der Waals surface area contributed by atoms with Gasteiger partial charge in [-0.2, -0.15) is 0 Å². The third-order valence-electron chi connectivity index (χ3n) is 3.75. The zero-order valence-electron chi connectivity index (χ0n) is 13.3. The highest BCUT2D eigenvalue weighted by atomic mass is 16.5. The van der Waals surface area contributed by atoms with Crippen LogP contribution in [-0.4, -0.2) is 43.0 Å². The standard InChI is InChI=1S/C17H24N2O3/c1-3-22-15-8-5-4-7-14(15)17(21)18-11-13(2)12-19-10-6-9-16(19)20/h4-5,7-8,13H,3,6,9-12H2,1-2H3,(H,18,21). The number of amides is 2. The van der Waals surface area contributed by atoms with Crippen LogP contribution >= 0.6 is 0 Å². The molecule has 0 aliphatic carbocycles. The smallest absolute Gasteiger partial charge is 0.255 e. The fourth-order valence-electron chi connectivity index (χ4n) is 2.64. The largest absolute Gasteiger partial charge is 0.493 e. The van der Waals surface area contributed by atoms with Gasteiger partial charge in [0.15, 0.2) is 0 Å². The molecule has 1 aromatic rings. The summed E-state index contributed by atoms with van der Waals surface area (Å²) in [6, 6.07) is 7.23. The van der Waals surface area contributed by atoms with Gasteiger partial charge in [-0.3, -0.25) is 9.59 Å². The molecule has 1 N–H and O–H groups in total. The number of benzene rings is 1. The van der Waals surface area contributed by atoms with Crippen LogP contribution in [0.4, 0.5) is 0 Å². The molecule has 22 heavy (non-hydrogen) atoms. The summed E-state index contributed by atoms with van der Waals surface area (Å²) in [5.41, 5.74) is 0.550. The molecule has 1 aliphatic heterocycles. The molecule has 1 aliphatic rings. The lowest BCUT2D eigenvalue weighted by Gasteiger charge is -2.21. The van der Waals surface area contributed by atoms with Gasteiger partial charge in [0, 0.05) is 26.1 Å². The fourth-order valence-corrected chi connectivity index (χ4v) is 2.64. The molecule has 0 spiro atoms. The summed E-state index contributed by atoms with van der Waals surface area (Å²) in [5, 5.41) is 2.93. The third kappa shape index (κ3) is 4.23. The van der Waals surface area contributed by atoms with E-state index < -0.39 is 0 Å². The highest BCUT2D eigenvalue weighted by Gasteiger charge is 2.22. The van der Waals surface area contributed by atoms with Crippen LogP contribution in [0.3, 0.4) is 0 Å². The number of nitrogens with one attached hydrogen (secondary N) is 1. The average molecular weight is 304 g/mol. The van der Waals surface area contributed by atoms with Crippen LogP contribution in [0.25, 0.3) is 0 Å². The monoisotopic (exact) mass is 304 g/mol. The molecule has 0 radical (unpaired) electrons. The lowest BCUT2D eigenvalue weighted by Crippen LogP contribution is -2.36. The maximum Gasteiger partial charge on any atom is 0.255 e. The Morgan fingerprint density at radius 3 is 2.86 bits per heavy atom. The van der Waals surface area contributed by atoms with Crippen LogP contribution in [-0.2, 0) is 4.79 Å². The van der Waals surface area contributed by atoms with Crippen LogP contribution in [0, 0.1) is 5.92 Å². The SMILES string of the molecule is CCOc1ccccc1C(=O)NCC(C)CN1CCCC1=O. The first kappa shape index (κ1) is 16.3. The first-order chi connectivity index (χ1) is 10.6. The summed E-state index contributed by atoms with van der Waals surface area (Å²) in [6.45, 7) is 6.54. The molecular formula is C17H24N2O3. The fraction of sp³-hybridized carbons (Fsp3) is 0.529. The number of hydrogen-bond acceptors (Lipinski definition) is 3. The van der Waals surface area contributed by atoms with E-state index in [0.717, 1.165) is 13.0 Å². The van der Waals surface area contributed by atoms with Crippen molar-refractivity contribution in [2.75, 3.05) is 26.2 Å². The van der Waals surface area contributed by atoms with E-state index in [0.29, 0.717) is 37.4 Å². The highest BCUT2D eigenvalue weighted by Crippen LogP contribution is 2.18. The molecule has 0 aromatic heterocycles. The van der Waals surface area contributed by atoms with Crippen molar-refractivity contribution in [3.05, 3.63) is 29.8 Å². The molecule has 1 fully saturated rings. The molecule has 1 heterocycles. The zero-order chi connectivity index (χ0) is 15.9. The predicted octanol–water partition coefficient (Wildman–Crippen LogP) is 2.07. The Bertz CT molecular complexity index is 530. The van der Waals surface area contributed by atoms with E-state index in [-0.39, 0.29) is 17.7 Å². The number of ether oxygens (including phenoxy) is 1. The summed E-state index contributed by atoms with van der Waals surface area (Å²) >= 11 is 0. The number of likely N-dealkylation sites (tertiary alicyclic amines) is 1. The Kier molecular flexibility index (Phi) is 5.81. The summed E-state index contributed by atoms with van der Waals surface area (Å²) in [4.78, 5) is 25.8.